The van der Waals surface area contributed by atoms with Crippen LogP contribution in [0, 0.1) is 23.0 Å². The van der Waals surface area contributed by atoms with Crippen LogP contribution < -0.4 is 10.6 Å². The van der Waals surface area contributed by atoms with Crippen molar-refractivity contribution in [3.63, 3.8) is 0 Å². The first-order chi connectivity index (χ1) is 22.0. The molecule has 0 spiro atoms. The summed E-state index contributed by atoms with van der Waals surface area (Å²) in [5.41, 5.74) is 3.80. The van der Waals surface area contributed by atoms with Gasteiger partial charge >= 0.3 is 0 Å². The molecule has 0 saturated carbocycles. The first kappa shape index (κ1) is 31.7. The third-order valence-electron chi connectivity index (χ3n) is 8.36. The molecule has 236 valence electrons. The molecule has 1 aliphatic heterocycles. The van der Waals surface area contributed by atoms with Gasteiger partial charge in [-0.25, -0.2) is 13.5 Å². The van der Waals surface area contributed by atoms with Gasteiger partial charge in [0, 0.05) is 41.6 Å². The monoisotopic (exact) mass is 660 g/mol. The van der Waals surface area contributed by atoms with Crippen molar-refractivity contribution in [1.82, 2.24) is 24.9 Å². The van der Waals surface area contributed by atoms with Crippen LogP contribution in [0.15, 0.2) is 67.0 Å². The molecular weight excluding hydrogens is 629 g/mol. The number of pyridine rings is 1. The number of nitrogens with one attached hydrogen (secondary N) is 2. The number of rotatable bonds is 7. The van der Waals surface area contributed by atoms with E-state index in [0.29, 0.717) is 38.7 Å². The van der Waals surface area contributed by atoms with Gasteiger partial charge in [-0.1, -0.05) is 40.5 Å². The van der Waals surface area contributed by atoms with Gasteiger partial charge in [0.25, 0.3) is 0 Å². The highest BCUT2D eigenvalue weighted by atomic mass is 35.5. The Hall–Kier alpha value is -4.30. The van der Waals surface area contributed by atoms with Gasteiger partial charge in [-0.3, -0.25) is 9.88 Å². The van der Waals surface area contributed by atoms with Crippen LogP contribution in [-0.4, -0.2) is 43.5 Å². The van der Waals surface area contributed by atoms with Gasteiger partial charge in [-0.2, -0.15) is 5.26 Å². The zero-order chi connectivity index (χ0) is 32.6. The van der Waals surface area contributed by atoms with Crippen molar-refractivity contribution in [3.05, 3.63) is 105 Å². The summed E-state index contributed by atoms with van der Waals surface area (Å²) in [5, 5.41) is 26.5. The molecule has 2 aromatic heterocycles. The largest absolute Gasteiger partial charge is 0.373 e. The maximum absolute atomic E-state index is 14.0. The summed E-state index contributed by atoms with van der Waals surface area (Å²) in [5.74, 6) is -0.904. The van der Waals surface area contributed by atoms with Crippen LogP contribution in [0.25, 0.3) is 10.9 Å². The van der Waals surface area contributed by atoms with E-state index in [1.807, 2.05) is 16.9 Å². The molecule has 8 nitrogen and oxygen atoms in total. The molecule has 3 heterocycles. The number of halogens is 4. The second-order valence-electron chi connectivity index (χ2n) is 12.4. The number of aromatic nitrogens is 4. The van der Waals surface area contributed by atoms with Gasteiger partial charge in [0.1, 0.15) is 23.4 Å². The van der Waals surface area contributed by atoms with Crippen molar-refractivity contribution in [1.29, 1.82) is 5.26 Å². The minimum absolute atomic E-state index is 0.0581. The Kier molecular flexibility index (Phi) is 8.84. The standard InChI is InChI=1S/C34H32Cl2F2N8/c1-34(2,3)45-12-10-25(11-13-45)46-19-30(43-44-46)32(20-4-6-22(37)7-5-20)42-24-14-26-31(41-23-8-9-29(38)27(35)15-23)21(17-39)18-40-33(26)28(36)16-24/h4-9,14-16,18-19,25,32,42H,10-13H2,1-3H3,(H,40,41)/t32-/m0/s1. The number of hydrogen-bond donors (Lipinski definition) is 2. The topological polar surface area (TPSA) is 94.7 Å². The third kappa shape index (κ3) is 6.63. The summed E-state index contributed by atoms with van der Waals surface area (Å²) in [6.07, 6.45) is 5.29. The van der Waals surface area contributed by atoms with E-state index in [2.05, 4.69) is 57.7 Å². The molecule has 0 aliphatic carbocycles. The number of nitrogens with zero attached hydrogens (tertiary/aromatic N) is 6. The van der Waals surface area contributed by atoms with Crippen LogP contribution in [-0.2, 0) is 0 Å². The van der Waals surface area contributed by atoms with E-state index in [1.54, 1.807) is 18.2 Å². The number of benzene rings is 3. The Balaban J connectivity index is 1.36. The van der Waals surface area contributed by atoms with E-state index in [0.717, 1.165) is 31.5 Å². The van der Waals surface area contributed by atoms with E-state index in [1.165, 1.54) is 36.5 Å². The Labute approximate surface area is 275 Å². The molecule has 3 aromatic carbocycles. The van der Waals surface area contributed by atoms with Gasteiger partial charge in [0.05, 0.1) is 45.1 Å². The lowest BCUT2D eigenvalue weighted by Crippen LogP contribution is -2.46. The van der Waals surface area contributed by atoms with E-state index >= 15 is 0 Å². The third-order valence-corrected chi connectivity index (χ3v) is 8.94. The smallest absolute Gasteiger partial charge is 0.141 e. The van der Waals surface area contributed by atoms with E-state index in [-0.39, 0.29) is 28.0 Å². The minimum atomic E-state index is -0.555. The lowest BCUT2D eigenvalue weighted by molar-refractivity contribution is 0.0866. The maximum atomic E-state index is 14.0. The second kappa shape index (κ2) is 12.8. The maximum Gasteiger partial charge on any atom is 0.141 e. The highest BCUT2D eigenvalue weighted by Gasteiger charge is 2.29. The van der Waals surface area contributed by atoms with Gasteiger partial charge in [0.2, 0.25) is 0 Å². The van der Waals surface area contributed by atoms with Crippen LogP contribution in [0.3, 0.4) is 0 Å². The Bertz CT molecular complexity index is 1920. The number of hydrogen-bond acceptors (Lipinski definition) is 7. The van der Waals surface area contributed by atoms with E-state index in [9.17, 15) is 14.0 Å². The summed E-state index contributed by atoms with van der Waals surface area (Å²) in [7, 11) is 0. The Morgan fingerprint density at radius 1 is 0.978 bits per heavy atom. The molecule has 12 heteroatoms. The molecule has 6 rings (SSSR count). The summed E-state index contributed by atoms with van der Waals surface area (Å²) in [4.78, 5) is 6.91. The number of nitriles is 1. The molecule has 5 aromatic rings. The highest BCUT2D eigenvalue weighted by molar-refractivity contribution is 6.36. The highest BCUT2D eigenvalue weighted by Crippen LogP contribution is 2.37. The zero-order valence-corrected chi connectivity index (χ0v) is 27.0. The molecule has 1 fully saturated rings. The first-order valence-corrected chi connectivity index (χ1v) is 15.7. The SMILES string of the molecule is CC(C)(C)N1CCC(n2cc([C@@H](Nc3cc(Cl)c4ncc(C#N)c(Nc5ccc(F)c(Cl)c5)c4c3)c3ccc(F)cc3)nn2)CC1. The molecule has 0 unspecified atom stereocenters. The molecule has 1 atom stereocenters. The van der Waals surface area contributed by atoms with Crippen molar-refractivity contribution in [2.45, 2.75) is 51.2 Å². The van der Waals surface area contributed by atoms with Crippen molar-refractivity contribution < 1.29 is 8.78 Å². The lowest BCUT2D eigenvalue weighted by atomic mass is 9.98. The van der Waals surface area contributed by atoms with Crippen molar-refractivity contribution in [2.24, 2.45) is 0 Å². The molecular formula is C34H32Cl2F2N8. The molecule has 1 aliphatic rings. The zero-order valence-electron chi connectivity index (χ0n) is 25.5. The summed E-state index contributed by atoms with van der Waals surface area (Å²) < 4.78 is 29.7. The molecule has 0 bridgehead atoms. The van der Waals surface area contributed by atoms with Crippen LogP contribution >= 0.6 is 23.2 Å². The van der Waals surface area contributed by atoms with Gasteiger partial charge in [-0.15, -0.1) is 5.10 Å². The molecule has 2 N–H and O–H groups in total. The summed E-state index contributed by atoms with van der Waals surface area (Å²) in [6, 6.07) is 15.9. The summed E-state index contributed by atoms with van der Waals surface area (Å²) >= 11 is 12.8. The number of fused-ring (bicyclic) bond motifs is 1. The molecule has 0 radical (unpaired) electrons. The predicted molar refractivity (Wildman–Crippen MR) is 178 cm³/mol. The second-order valence-corrected chi connectivity index (χ2v) is 13.2. The number of anilines is 3. The Morgan fingerprint density at radius 3 is 2.37 bits per heavy atom. The van der Waals surface area contributed by atoms with Crippen molar-refractivity contribution in [2.75, 3.05) is 23.7 Å². The fourth-order valence-corrected chi connectivity index (χ4v) is 6.28. The first-order valence-electron chi connectivity index (χ1n) is 14.9. The fraction of sp³-hybridized carbons (Fsp3) is 0.294. The lowest BCUT2D eigenvalue weighted by Gasteiger charge is -2.40. The van der Waals surface area contributed by atoms with Gasteiger partial charge in [-0.05, 0) is 81.6 Å². The van der Waals surface area contributed by atoms with Crippen LogP contribution in [0.1, 0.15) is 62.5 Å². The van der Waals surface area contributed by atoms with Crippen LogP contribution in [0.5, 0.6) is 0 Å². The van der Waals surface area contributed by atoms with Crippen molar-refractivity contribution in [3.8, 4) is 6.07 Å². The van der Waals surface area contributed by atoms with Gasteiger partial charge in [0.15, 0.2) is 0 Å². The van der Waals surface area contributed by atoms with Crippen molar-refractivity contribution >= 4 is 51.2 Å². The summed E-state index contributed by atoms with van der Waals surface area (Å²) in [6.45, 7) is 8.63. The van der Waals surface area contributed by atoms with E-state index in [4.69, 9.17) is 23.2 Å². The Morgan fingerprint density at radius 2 is 1.70 bits per heavy atom. The van der Waals surface area contributed by atoms with Gasteiger partial charge < -0.3 is 10.6 Å². The molecule has 1 saturated heterocycles. The number of piperidine rings is 1. The number of likely N-dealkylation sites (tertiary alicyclic amines) is 1. The molecule has 46 heavy (non-hydrogen) atoms. The predicted octanol–water partition coefficient (Wildman–Crippen LogP) is 8.66. The average Bonchev–Trinajstić information content (AvgIpc) is 3.52. The van der Waals surface area contributed by atoms with E-state index < -0.39 is 11.9 Å². The minimum Gasteiger partial charge on any atom is -0.373 e. The van der Waals surface area contributed by atoms with Crippen LogP contribution in [0.4, 0.5) is 25.8 Å². The normalized spacial score (nSPS) is 15.1. The fourth-order valence-electron chi connectivity index (χ4n) is 5.83. The quantitative estimate of drug-likeness (QED) is 0.180. The van der Waals surface area contributed by atoms with Crippen LogP contribution in [0.2, 0.25) is 10.0 Å². The average molecular weight is 662 g/mol. The molecule has 0 amide bonds.